The molecule has 8 nitrogen and oxygen atoms in total. The Morgan fingerprint density at radius 1 is 0.964 bits per heavy atom. The van der Waals surface area contributed by atoms with E-state index in [1.807, 2.05) is 59.2 Å². The highest BCUT2D eigenvalue weighted by molar-refractivity contribution is 5.94. The van der Waals surface area contributed by atoms with Crippen molar-refractivity contribution in [1.82, 2.24) is 9.13 Å². The van der Waals surface area contributed by atoms with Crippen LogP contribution < -0.4 is 5.62 Å². The summed E-state index contributed by atoms with van der Waals surface area (Å²) in [5.74, 6) is -1.02. The molecule has 0 saturated carbocycles. The Bertz CT molecular complexity index is 1230. The van der Waals surface area contributed by atoms with Gasteiger partial charge in [0.05, 0.1) is 30.2 Å². The lowest BCUT2D eigenvalue weighted by Crippen LogP contribution is -2.27. The number of hydrogen-bond donors (Lipinski definition) is 1. The Kier molecular flexibility index (Phi) is 4.36. The number of para-hydroxylation sites is 2. The molecule has 8 heteroatoms. The molecule has 1 N–H and O–H groups in total. The van der Waals surface area contributed by atoms with Gasteiger partial charge in [0, 0.05) is 0 Å². The molecule has 2 heterocycles. The maximum atomic E-state index is 12.6. The number of furan rings is 1. The Labute approximate surface area is 158 Å². The van der Waals surface area contributed by atoms with Crippen molar-refractivity contribution in [1.29, 1.82) is 5.41 Å². The average molecular weight is 376 g/mol. The molecular weight excluding hydrogens is 360 g/mol. The molecule has 0 amide bonds. The Morgan fingerprint density at radius 3 is 2.25 bits per heavy atom. The van der Waals surface area contributed by atoms with E-state index >= 15 is 0 Å². The van der Waals surface area contributed by atoms with Crippen LogP contribution in [-0.2, 0) is 13.1 Å². The van der Waals surface area contributed by atoms with Gasteiger partial charge in [-0.05, 0) is 23.8 Å². The molecule has 4 rings (SSSR count). The van der Waals surface area contributed by atoms with Crippen LogP contribution >= 0.6 is 0 Å². The van der Waals surface area contributed by atoms with Crippen LogP contribution in [0.5, 0.6) is 0 Å². The molecule has 2 aromatic carbocycles. The van der Waals surface area contributed by atoms with Crippen LogP contribution in [0, 0.1) is 15.5 Å². The average Bonchev–Trinajstić information content (AvgIpc) is 3.29. The third-order valence-corrected chi connectivity index (χ3v) is 4.51. The zero-order valence-electron chi connectivity index (χ0n) is 14.7. The molecule has 0 aliphatic carbocycles. The van der Waals surface area contributed by atoms with Crippen molar-refractivity contribution in [2.24, 2.45) is 0 Å². The van der Waals surface area contributed by atoms with Gasteiger partial charge in [0.2, 0.25) is 11.4 Å². The summed E-state index contributed by atoms with van der Waals surface area (Å²) in [7, 11) is 0. The third-order valence-electron chi connectivity index (χ3n) is 4.51. The summed E-state index contributed by atoms with van der Waals surface area (Å²) in [6, 6.07) is 19.7. The number of aromatic nitrogens is 2. The number of rotatable bonds is 6. The highest BCUT2D eigenvalue weighted by Crippen LogP contribution is 2.18. The van der Waals surface area contributed by atoms with Gasteiger partial charge in [-0.3, -0.25) is 20.3 Å². The zero-order chi connectivity index (χ0) is 19.7. The number of nitrogens with zero attached hydrogens (tertiary/aromatic N) is 3. The van der Waals surface area contributed by atoms with E-state index in [-0.39, 0.29) is 17.9 Å². The summed E-state index contributed by atoms with van der Waals surface area (Å²) in [4.78, 5) is 22.7. The first-order valence-electron chi connectivity index (χ1n) is 8.58. The van der Waals surface area contributed by atoms with E-state index in [1.165, 1.54) is 6.07 Å². The smallest absolute Gasteiger partial charge is 0.397 e. The number of benzene rings is 2. The summed E-state index contributed by atoms with van der Waals surface area (Å²) in [6.45, 7) is 0.347. The summed E-state index contributed by atoms with van der Waals surface area (Å²) in [5.41, 5.74) is 2.77. The van der Waals surface area contributed by atoms with Crippen molar-refractivity contribution in [2.75, 3.05) is 0 Å². The largest absolute Gasteiger partial charge is 0.433 e. The van der Waals surface area contributed by atoms with Gasteiger partial charge in [0.1, 0.15) is 4.92 Å². The van der Waals surface area contributed by atoms with E-state index in [0.717, 1.165) is 22.7 Å². The molecule has 0 aliphatic rings. The highest BCUT2D eigenvalue weighted by atomic mass is 16.6. The minimum atomic E-state index is -0.689. The predicted molar refractivity (Wildman–Crippen MR) is 101 cm³/mol. The molecule has 0 aliphatic heterocycles. The van der Waals surface area contributed by atoms with Crippen molar-refractivity contribution in [3.8, 4) is 0 Å². The van der Waals surface area contributed by atoms with Crippen molar-refractivity contribution in [2.45, 2.75) is 13.1 Å². The van der Waals surface area contributed by atoms with Gasteiger partial charge < -0.3 is 13.6 Å². The van der Waals surface area contributed by atoms with Crippen molar-refractivity contribution < 1.29 is 14.1 Å². The van der Waals surface area contributed by atoms with Gasteiger partial charge in [-0.1, -0.05) is 42.5 Å². The topological polar surface area (TPSA) is 107 Å². The van der Waals surface area contributed by atoms with Gasteiger partial charge in [-0.15, -0.1) is 0 Å². The van der Waals surface area contributed by atoms with Gasteiger partial charge in [0.15, 0.2) is 5.76 Å². The standard InChI is InChI=1S/C20H16N4O4/c21-20-22(12-14-6-2-1-3-7-14)15-8-4-5-9-16(15)23(20)13-17(25)18-10-11-19(28-18)24(26)27/h1-11,21H,12-13H2. The number of imidazole rings is 1. The number of Topliss-reactive ketones (excluding diaryl/α,β-unsaturated/α-hetero) is 1. The van der Waals surface area contributed by atoms with Crippen LogP contribution in [0.1, 0.15) is 16.1 Å². The number of carbonyl (C=O) groups excluding carboxylic acids is 1. The number of nitro groups is 1. The molecule has 0 bridgehead atoms. The van der Waals surface area contributed by atoms with Gasteiger partial charge >= 0.3 is 5.88 Å². The Morgan fingerprint density at radius 2 is 1.61 bits per heavy atom. The lowest BCUT2D eigenvalue weighted by atomic mass is 10.2. The molecule has 0 spiro atoms. The van der Waals surface area contributed by atoms with Crippen LogP contribution in [0.2, 0.25) is 0 Å². The first kappa shape index (κ1) is 17.5. The second-order valence-electron chi connectivity index (χ2n) is 6.29. The van der Waals surface area contributed by atoms with Crippen LogP contribution in [0.15, 0.2) is 71.1 Å². The van der Waals surface area contributed by atoms with E-state index in [0.29, 0.717) is 6.54 Å². The zero-order valence-corrected chi connectivity index (χ0v) is 14.7. The molecule has 2 aromatic heterocycles. The minimum Gasteiger partial charge on any atom is -0.397 e. The molecule has 0 unspecified atom stereocenters. The normalized spacial score (nSPS) is 11.0. The van der Waals surface area contributed by atoms with Crippen molar-refractivity contribution in [3.63, 3.8) is 0 Å². The Balaban J connectivity index is 1.73. The molecule has 0 radical (unpaired) electrons. The summed E-state index contributed by atoms with van der Waals surface area (Å²) < 4.78 is 8.40. The van der Waals surface area contributed by atoms with E-state index in [4.69, 9.17) is 9.83 Å². The van der Waals surface area contributed by atoms with Gasteiger partial charge in [-0.2, -0.15) is 0 Å². The monoisotopic (exact) mass is 376 g/mol. The first-order chi connectivity index (χ1) is 13.5. The second kappa shape index (κ2) is 6.99. The lowest BCUT2D eigenvalue weighted by molar-refractivity contribution is -0.402. The van der Waals surface area contributed by atoms with Crippen LogP contribution in [0.4, 0.5) is 5.88 Å². The van der Waals surface area contributed by atoms with Crippen LogP contribution in [-0.4, -0.2) is 19.8 Å². The molecule has 0 fully saturated rings. The fourth-order valence-corrected chi connectivity index (χ4v) is 3.18. The molecule has 140 valence electrons. The fraction of sp³-hybridized carbons (Fsp3) is 0.100. The molecule has 4 aromatic rings. The second-order valence-corrected chi connectivity index (χ2v) is 6.29. The molecule has 28 heavy (non-hydrogen) atoms. The van der Waals surface area contributed by atoms with E-state index < -0.39 is 16.6 Å². The number of hydrogen-bond acceptors (Lipinski definition) is 5. The predicted octanol–water partition coefficient (Wildman–Crippen LogP) is 3.35. The van der Waals surface area contributed by atoms with Gasteiger partial charge in [0.25, 0.3) is 0 Å². The number of nitrogens with one attached hydrogen (secondary N) is 1. The van der Waals surface area contributed by atoms with Gasteiger partial charge in [-0.25, -0.2) is 0 Å². The van der Waals surface area contributed by atoms with E-state index in [2.05, 4.69) is 0 Å². The van der Waals surface area contributed by atoms with E-state index in [1.54, 1.807) is 4.57 Å². The SMILES string of the molecule is N=c1n(CC(=O)c2ccc([N+](=O)[O-])o2)c2ccccc2n1Cc1ccccc1. The van der Waals surface area contributed by atoms with Crippen molar-refractivity contribution in [3.05, 3.63) is 93.8 Å². The molecule has 0 saturated heterocycles. The lowest BCUT2D eigenvalue weighted by Gasteiger charge is -2.04. The number of carbonyl (C=O) groups is 1. The third kappa shape index (κ3) is 3.11. The minimum absolute atomic E-state index is 0.0986. The summed E-state index contributed by atoms with van der Waals surface area (Å²) in [6.07, 6.45) is 0. The molecule has 0 atom stereocenters. The van der Waals surface area contributed by atoms with Crippen LogP contribution in [0.25, 0.3) is 11.0 Å². The quantitative estimate of drug-likeness (QED) is 0.316. The van der Waals surface area contributed by atoms with Crippen LogP contribution in [0.3, 0.4) is 0 Å². The fourth-order valence-electron chi connectivity index (χ4n) is 3.18. The molecular formula is C20H16N4O4. The maximum Gasteiger partial charge on any atom is 0.433 e. The summed E-state index contributed by atoms with van der Waals surface area (Å²) in [5, 5.41) is 19.4. The highest BCUT2D eigenvalue weighted by Gasteiger charge is 2.20. The van der Waals surface area contributed by atoms with E-state index in [9.17, 15) is 14.9 Å². The summed E-state index contributed by atoms with van der Waals surface area (Å²) >= 11 is 0. The Hall–Kier alpha value is -3.94. The number of fused-ring (bicyclic) bond motifs is 1. The van der Waals surface area contributed by atoms with Crippen molar-refractivity contribution >= 4 is 22.7 Å². The maximum absolute atomic E-state index is 12.6. The number of ketones is 1. The first-order valence-corrected chi connectivity index (χ1v) is 8.58.